The summed E-state index contributed by atoms with van der Waals surface area (Å²) in [6.07, 6.45) is 0. The quantitative estimate of drug-likeness (QED) is 0.736. The first-order chi connectivity index (χ1) is 10.9. The first-order valence-electron chi connectivity index (χ1n) is 6.67. The van der Waals surface area contributed by atoms with E-state index < -0.39 is 5.97 Å². The Kier molecular flexibility index (Phi) is 5.79. The smallest absolute Gasteiger partial charge is 0.337 e. The first kappa shape index (κ1) is 17.5. The van der Waals surface area contributed by atoms with E-state index in [0.717, 1.165) is 14.6 Å². The van der Waals surface area contributed by atoms with Crippen LogP contribution in [-0.4, -0.2) is 30.6 Å². The molecule has 0 aliphatic heterocycles. The fourth-order valence-corrected chi connectivity index (χ4v) is 2.61. The van der Waals surface area contributed by atoms with Crippen LogP contribution in [0.4, 0.5) is 11.4 Å². The average Bonchev–Trinajstić information content (AvgIpc) is 2.50. The molecule has 0 aliphatic carbocycles. The monoisotopic (exact) mass is 440 g/mol. The minimum atomic E-state index is -1.08. The minimum absolute atomic E-state index is 0.0647. The van der Waals surface area contributed by atoms with Gasteiger partial charge in [-0.15, -0.1) is 0 Å². The molecular formula is C16H14Br2N2O3. The van der Waals surface area contributed by atoms with E-state index >= 15 is 0 Å². The lowest BCUT2D eigenvalue weighted by Gasteiger charge is -2.19. The number of carboxylic acid groups (broad SMARTS) is 1. The second kappa shape index (κ2) is 7.61. The molecule has 2 N–H and O–H groups in total. The van der Waals surface area contributed by atoms with Crippen molar-refractivity contribution in [3.8, 4) is 0 Å². The number of nitrogens with zero attached hydrogens (tertiary/aromatic N) is 1. The van der Waals surface area contributed by atoms with Crippen LogP contribution in [0.3, 0.4) is 0 Å². The highest BCUT2D eigenvalue weighted by Crippen LogP contribution is 2.27. The van der Waals surface area contributed by atoms with Crippen molar-refractivity contribution in [2.24, 2.45) is 0 Å². The van der Waals surface area contributed by atoms with Gasteiger partial charge in [-0.3, -0.25) is 4.79 Å². The Morgan fingerprint density at radius 1 is 1.13 bits per heavy atom. The molecule has 0 spiro atoms. The van der Waals surface area contributed by atoms with Crippen molar-refractivity contribution in [2.75, 3.05) is 23.8 Å². The van der Waals surface area contributed by atoms with E-state index in [0.29, 0.717) is 0 Å². The van der Waals surface area contributed by atoms with Gasteiger partial charge in [0, 0.05) is 21.7 Å². The second-order valence-corrected chi connectivity index (χ2v) is 6.56. The van der Waals surface area contributed by atoms with Crippen molar-refractivity contribution in [3.05, 3.63) is 57.0 Å². The van der Waals surface area contributed by atoms with E-state index in [4.69, 9.17) is 5.11 Å². The predicted octanol–water partition coefficient (Wildman–Crippen LogP) is 3.98. The maximum Gasteiger partial charge on any atom is 0.337 e. The maximum absolute atomic E-state index is 12.2. The highest BCUT2D eigenvalue weighted by molar-refractivity contribution is 9.13. The Morgan fingerprint density at radius 3 is 2.48 bits per heavy atom. The topological polar surface area (TPSA) is 69.6 Å². The number of benzene rings is 2. The predicted molar refractivity (Wildman–Crippen MR) is 97.1 cm³/mol. The third-order valence-electron chi connectivity index (χ3n) is 3.16. The van der Waals surface area contributed by atoms with Gasteiger partial charge in [-0.2, -0.15) is 0 Å². The number of nitrogens with one attached hydrogen (secondary N) is 1. The highest BCUT2D eigenvalue weighted by Gasteiger charge is 2.13. The molecular weight excluding hydrogens is 428 g/mol. The number of likely N-dealkylation sites (N-methyl/N-ethyl adjacent to an activating group) is 1. The standard InChI is InChI=1S/C16H14Br2N2O3/c1-20(10-6-7-12(17)13(18)8-10)9-15(21)19-14-5-3-2-4-11(14)16(22)23/h2-8H,9H2,1H3,(H,19,21)(H,22,23). The lowest BCUT2D eigenvalue weighted by atomic mass is 10.2. The van der Waals surface area contributed by atoms with Crippen LogP contribution in [0.2, 0.25) is 0 Å². The zero-order chi connectivity index (χ0) is 17.0. The van der Waals surface area contributed by atoms with Gasteiger partial charge in [0.25, 0.3) is 0 Å². The number of aromatic carboxylic acids is 1. The molecule has 0 bridgehead atoms. The van der Waals surface area contributed by atoms with E-state index in [2.05, 4.69) is 37.2 Å². The zero-order valence-corrected chi connectivity index (χ0v) is 15.4. The molecule has 0 saturated carbocycles. The normalized spacial score (nSPS) is 10.2. The molecule has 0 saturated heterocycles. The molecule has 120 valence electrons. The Hall–Kier alpha value is -1.86. The van der Waals surface area contributed by atoms with Crippen molar-refractivity contribution in [1.82, 2.24) is 0 Å². The summed E-state index contributed by atoms with van der Waals surface area (Å²) in [5.41, 5.74) is 1.21. The van der Waals surface area contributed by atoms with Crippen LogP contribution in [0.15, 0.2) is 51.4 Å². The van der Waals surface area contributed by atoms with Crippen LogP contribution >= 0.6 is 31.9 Å². The third-order valence-corrected chi connectivity index (χ3v) is 5.04. The third kappa shape index (κ3) is 4.56. The minimum Gasteiger partial charge on any atom is -0.478 e. The molecule has 0 aliphatic rings. The average molecular weight is 442 g/mol. The highest BCUT2D eigenvalue weighted by atomic mass is 79.9. The van der Waals surface area contributed by atoms with Crippen molar-refractivity contribution in [3.63, 3.8) is 0 Å². The number of amides is 1. The van der Waals surface area contributed by atoms with Crippen molar-refractivity contribution >= 4 is 55.1 Å². The Balaban J connectivity index is 2.07. The second-order valence-electron chi connectivity index (χ2n) is 4.85. The summed E-state index contributed by atoms with van der Waals surface area (Å²) in [4.78, 5) is 25.1. The lowest BCUT2D eigenvalue weighted by molar-refractivity contribution is -0.114. The van der Waals surface area contributed by atoms with E-state index in [9.17, 15) is 9.59 Å². The fraction of sp³-hybridized carbons (Fsp3) is 0.125. The molecule has 2 aromatic rings. The summed E-state index contributed by atoms with van der Waals surface area (Å²) in [6.45, 7) is 0.0992. The molecule has 0 fully saturated rings. The number of rotatable bonds is 5. The molecule has 1 amide bonds. The van der Waals surface area contributed by atoms with Gasteiger partial charge < -0.3 is 15.3 Å². The first-order valence-corrected chi connectivity index (χ1v) is 8.25. The fourth-order valence-electron chi connectivity index (χ4n) is 2.00. The Bertz CT molecular complexity index is 750. The molecule has 2 rings (SSSR count). The van der Waals surface area contributed by atoms with E-state index in [1.807, 2.05) is 18.2 Å². The Labute approximate surface area is 150 Å². The summed E-state index contributed by atoms with van der Waals surface area (Å²) >= 11 is 6.82. The van der Waals surface area contributed by atoms with Crippen LogP contribution in [0, 0.1) is 0 Å². The summed E-state index contributed by atoms with van der Waals surface area (Å²) in [6, 6.07) is 12.0. The van der Waals surface area contributed by atoms with Crippen LogP contribution in [-0.2, 0) is 4.79 Å². The number of carbonyl (C=O) groups excluding carboxylic acids is 1. The van der Waals surface area contributed by atoms with Gasteiger partial charge in [0.15, 0.2) is 0 Å². The molecule has 0 radical (unpaired) electrons. The van der Waals surface area contributed by atoms with E-state index in [1.165, 1.54) is 6.07 Å². The van der Waals surface area contributed by atoms with Crippen molar-refractivity contribution in [1.29, 1.82) is 0 Å². The number of carbonyl (C=O) groups is 2. The molecule has 2 aromatic carbocycles. The summed E-state index contributed by atoms with van der Waals surface area (Å²) in [5.74, 6) is -1.37. The Morgan fingerprint density at radius 2 is 1.83 bits per heavy atom. The number of hydrogen-bond donors (Lipinski definition) is 2. The zero-order valence-electron chi connectivity index (χ0n) is 12.2. The molecule has 0 unspecified atom stereocenters. The molecule has 0 atom stereocenters. The lowest BCUT2D eigenvalue weighted by Crippen LogP contribution is -2.30. The summed E-state index contributed by atoms with van der Waals surface area (Å²) in [5, 5.41) is 11.8. The van der Waals surface area contributed by atoms with E-state index in [-0.39, 0.29) is 23.7 Å². The van der Waals surface area contributed by atoms with E-state index in [1.54, 1.807) is 30.1 Å². The number of carboxylic acids is 1. The van der Waals surface area contributed by atoms with Crippen LogP contribution in [0.1, 0.15) is 10.4 Å². The van der Waals surface area contributed by atoms with Crippen molar-refractivity contribution in [2.45, 2.75) is 0 Å². The molecule has 7 heteroatoms. The van der Waals surface area contributed by atoms with Crippen molar-refractivity contribution < 1.29 is 14.7 Å². The van der Waals surface area contributed by atoms with Gasteiger partial charge in [0.05, 0.1) is 17.8 Å². The molecule has 5 nitrogen and oxygen atoms in total. The van der Waals surface area contributed by atoms with Gasteiger partial charge in [-0.05, 0) is 62.2 Å². The van der Waals surface area contributed by atoms with Crippen LogP contribution in [0.5, 0.6) is 0 Å². The summed E-state index contributed by atoms with van der Waals surface area (Å²) in [7, 11) is 1.79. The maximum atomic E-state index is 12.2. The molecule has 23 heavy (non-hydrogen) atoms. The number of halogens is 2. The summed E-state index contributed by atoms with van der Waals surface area (Å²) < 4.78 is 1.81. The number of anilines is 2. The van der Waals surface area contributed by atoms with Gasteiger partial charge in [0.1, 0.15) is 0 Å². The van der Waals surface area contributed by atoms with Crippen LogP contribution in [0.25, 0.3) is 0 Å². The van der Waals surface area contributed by atoms with Crippen LogP contribution < -0.4 is 10.2 Å². The van der Waals surface area contributed by atoms with Gasteiger partial charge in [-0.1, -0.05) is 12.1 Å². The SMILES string of the molecule is CN(CC(=O)Nc1ccccc1C(=O)O)c1ccc(Br)c(Br)c1. The largest absolute Gasteiger partial charge is 0.478 e. The van der Waals surface area contributed by atoms with Gasteiger partial charge in [-0.25, -0.2) is 4.79 Å². The molecule has 0 aromatic heterocycles. The number of hydrogen-bond acceptors (Lipinski definition) is 3. The molecule has 0 heterocycles. The van der Waals surface area contributed by atoms with Gasteiger partial charge >= 0.3 is 5.97 Å². The number of para-hydroxylation sites is 1. The van der Waals surface area contributed by atoms with Gasteiger partial charge in [0.2, 0.25) is 5.91 Å².